The van der Waals surface area contributed by atoms with E-state index >= 15 is 0 Å². The molecule has 0 heterocycles. The van der Waals surface area contributed by atoms with Gasteiger partial charge < -0.3 is 10.5 Å². The van der Waals surface area contributed by atoms with Crippen molar-refractivity contribution in [3.8, 4) is 11.5 Å². The molecule has 0 aliphatic rings. The Morgan fingerprint density at radius 3 is 2.35 bits per heavy atom. The number of para-hydroxylation sites is 1. The van der Waals surface area contributed by atoms with Gasteiger partial charge in [0.2, 0.25) is 0 Å². The average Bonchev–Trinajstić information content (AvgIpc) is 2.40. The van der Waals surface area contributed by atoms with Crippen LogP contribution in [-0.2, 0) is 12.7 Å². The van der Waals surface area contributed by atoms with E-state index in [1.54, 1.807) is 12.1 Å². The number of rotatable bonds is 3. The molecule has 20 heavy (non-hydrogen) atoms. The molecule has 0 atom stereocenters. The van der Waals surface area contributed by atoms with E-state index in [9.17, 15) is 13.2 Å². The van der Waals surface area contributed by atoms with E-state index in [0.29, 0.717) is 6.54 Å². The second-order valence-corrected chi connectivity index (χ2v) is 4.47. The summed E-state index contributed by atoms with van der Waals surface area (Å²) in [6, 6.07) is 9.68. The Balaban J connectivity index is 2.36. The van der Waals surface area contributed by atoms with Crippen molar-refractivity contribution in [2.75, 3.05) is 0 Å². The Kier molecular flexibility index (Phi) is 4.20. The predicted octanol–water partition coefficient (Wildman–Crippen LogP) is 4.61. The second kappa shape index (κ2) is 5.73. The summed E-state index contributed by atoms with van der Waals surface area (Å²) < 4.78 is 43.8. The zero-order chi connectivity index (χ0) is 14.8. The van der Waals surface area contributed by atoms with E-state index in [1.807, 2.05) is 0 Å². The third kappa shape index (κ3) is 3.23. The summed E-state index contributed by atoms with van der Waals surface area (Å²) in [5.74, 6) is -0.136. The molecule has 0 bridgehead atoms. The number of hydrogen-bond donors (Lipinski definition) is 1. The average molecular weight is 302 g/mol. The van der Waals surface area contributed by atoms with E-state index in [-0.39, 0.29) is 16.5 Å². The van der Waals surface area contributed by atoms with Crippen LogP contribution < -0.4 is 10.5 Å². The Labute approximate surface area is 118 Å². The lowest BCUT2D eigenvalue weighted by Crippen LogP contribution is -2.07. The Hall–Kier alpha value is -1.72. The summed E-state index contributed by atoms with van der Waals surface area (Å²) in [6.07, 6.45) is -4.49. The number of ether oxygens (including phenoxy) is 1. The molecule has 2 nitrogen and oxygen atoms in total. The van der Waals surface area contributed by atoms with E-state index in [0.717, 1.165) is 11.6 Å². The Morgan fingerprint density at radius 1 is 1.05 bits per heavy atom. The molecular formula is C14H11ClF3NO. The molecule has 0 amide bonds. The lowest BCUT2D eigenvalue weighted by molar-refractivity contribution is -0.138. The maximum absolute atomic E-state index is 12.8. The van der Waals surface area contributed by atoms with Gasteiger partial charge >= 0.3 is 6.18 Å². The molecule has 0 saturated carbocycles. The molecule has 0 aromatic heterocycles. The minimum atomic E-state index is -4.49. The van der Waals surface area contributed by atoms with Crippen molar-refractivity contribution < 1.29 is 17.9 Å². The van der Waals surface area contributed by atoms with Gasteiger partial charge in [0.1, 0.15) is 11.5 Å². The normalized spacial score (nSPS) is 11.4. The fraction of sp³-hybridized carbons (Fsp3) is 0.143. The van der Waals surface area contributed by atoms with Crippen LogP contribution in [0.3, 0.4) is 0 Å². The Bertz CT molecular complexity index is 614. The zero-order valence-corrected chi connectivity index (χ0v) is 11.0. The number of hydrogen-bond acceptors (Lipinski definition) is 2. The molecule has 0 radical (unpaired) electrons. The highest BCUT2D eigenvalue weighted by molar-refractivity contribution is 6.32. The van der Waals surface area contributed by atoms with Gasteiger partial charge in [0, 0.05) is 6.54 Å². The minimum Gasteiger partial charge on any atom is -0.455 e. The molecule has 2 rings (SSSR count). The van der Waals surface area contributed by atoms with Crippen molar-refractivity contribution in [3.63, 3.8) is 0 Å². The van der Waals surface area contributed by atoms with Crippen LogP contribution in [0.1, 0.15) is 11.1 Å². The Morgan fingerprint density at radius 2 is 1.75 bits per heavy atom. The minimum absolute atomic E-state index is 0.153. The number of benzene rings is 2. The van der Waals surface area contributed by atoms with E-state index in [2.05, 4.69) is 0 Å². The van der Waals surface area contributed by atoms with Gasteiger partial charge in [-0.1, -0.05) is 29.8 Å². The number of halogens is 4. The van der Waals surface area contributed by atoms with Crippen LogP contribution in [0.4, 0.5) is 13.2 Å². The van der Waals surface area contributed by atoms with Gasteiger partial charge in [-0.25, -0.2) is 0 Å². The van der Waals surface area contributed by atoms with Gasteiger partial charge in [-0.2, -0.15) is 13.2 Å². The smallest absolute Gasteiger partial charge is 0.419 e. The molecule has 2 aromatic carbocycles. The fourth-order valence-corrected chi connectivity index (χ4v) is 1.90. The summed E-state index contributed by atoms with van der Waals surface area (Å²) >= 11 is 5.96. The maximum atomic E-state index is 12.8. The molecule has 0 saturated heterocycles. The van der Waals surface area contributed by atoms with Crippen molar-refractivity contribution in [2.24, 2.45) is 5.73 Å². The SMILES string of the molecule is NCc1ccc(Oc2ccccc2C(F)(F)F)c(Cl)c1. The molecule has 106 valence electrons. The standard InChI is InChI=1S/C14H11ClF3NO/c15-11-7-9(8-19)5-6-13(11)20-12-4-2-1-3-10(12)14(16,17)18/h1-7H,8,19H2. The van der Waals surface area contributed by atoms with E-state index in [4.69, 9.17) is 22.1 Å². The first-order valence-corrected chi connectivity index (χ1v) is 6.12. The predicted molar refractivity (Wildman–Crippen MR) is 70.9 cm³/mol. The van der Waals surface area contributed by atoms with Crippen LogP contribution in [0.15, 0.2) is 42.5 Å². The fourth-order valence-electron chi connectivity index (χ4n) is 1.66. The lowest BCUT2D eigenvalue weighted by Gasteiger charge is -2.14. The van der Waals surface area contributed by atoms with E-state index in [1.165, 1.54) is 24.3 Å². The topological polar surface area (TPSA) is 35.2 Å². The van der Waals surface area contributed by atoms with Gasteiger partial charge in [0.05, 0.1) is 10.6 Å². The molecule has 0 aliphatic carbocycles. The number of alkyl halides is 3. The molecule has 0 spiro atoms. The number of nitrogens with two attached hydrogens (primary N) is 1. The highest BCUT2D eigenvalue weighted by Crippen LogP contribution is 2.39. The maximum Gasteiger partial charge on any atom is 0.419 e. The van der Waals surface area contributed by atoms with Crippen LogP contribution in [0.25, 0.3) is 0 Å². The summed E-state index contributed by atoms with van der Waals surface area (Å²) in [7, 11) is 0. The van der Waals surface area contributed by atoms with Crippen LogP contribution >= 0.6 is 11.6 Å². The quantitative estimate of drug-likeness (QED) is 0.898. The molecule has 0 fully saturated rings. The molecule has 2 N–H and O–H groups in total. The van der Waals surface area contributed by atoms with Crippen LogP contribution in [0.5, 0.6) is 11.5 Å². The van der Waals surface area contributed by atoms with Gasteiger partial charge in [0.25, 0.3) is 0 Å². The van der Waals surface area contributed by atoms with Crippen molar-refractivity contribution in [1.82, 2.24) is 0 Å². The van der Waals surface area contributed by atoms with Crippen molar-refractivity contribution >= 4 is 11.6 Å². The van der Waals surface area contributed by atoms with E-state index < -0.39 is 11.7 Å². The summed E-state index contributed by atoms with van der Waals surface area (Å²) in [5, 5.41) is 0.213. The first-order valence-electron chi connectivity index (χ1n) is 5.74. The van der Waals surface area contributed by atoms with Gasteiger partial charge in [0.15, 0.2) is 0 Å². The van der Waals surface area contributed by atoms with Crippen molar-refractivity contribution in [1.29, 1.82) is 0 Å². The molecular weight excluding hydrogens is 291 g/mol. The van der Waals surface area contributed by atoms with Gasteiger partial charge in [-0.3, -0.25) is 0 Å². The highest BCUT2D eigenvalue weighted by atomic mass is 35.5. The molecule has 2 aromatic rings. The lowest BCUT2D eigenvalue weighted by atomic mass is 10.2. The van der Waals surface area contributed by atoms with Crippen LogP contribution in [-0.4, -0.2) is 0 Å². The summed E-state index contributed by atoms with van der Waals surface area (Å²) in [5.41, 5.74) is 5.38. The van der Waals surface area contributed by atoms with Gasteiger partial charge in [-0.05, 0) is 29.8 Å². The second-order valence-electron chi connectivity index (χ2n) is 4.06. The summed E-state index contributed by atoms with van der Waals surface area (Å²) in [6.45, 7) is 0.291. The first-order chi connectivity index (χ1) is 9.41. The largest absolute Gasteiger partial charge is 0.455 e. The van der Waals surface area contributed by atoms with Crippen LogP contribution in [0, 0.1) is 0 Å². The summed E-state index contributed by atoms with van der Waals surface area (Å²) in [4.78, 5) is 0. The zero-order valence-electron chi connectivity index (χ0n) is 10.2. The monoisotopic (exact) mass is 301 g/mol. The third-order valence-corrected chi connectivity index (χ3v) is 2.94. The molecule has 0 aliphatic heterocycles. The molecule has 0 unspecified atom stereocenters. The molecule has 6 heteroatoms. The van der Waals surface area contributed by atoms with Crippen molar-refractivity contribution in [2.45, 2.75) is 12.7 Å². The van der Waals surface area contributed by atoms with Crippen molar-refractivity contribution in [3.05, 3.63) is 58.6 Å². The van der Waals surface area contributed by atoms with Gasteiger partial charge in [-0.15, -0.1) is 0 Å². The third-order valence-electron chi connectivity index (χ3n) is 2.64. The van der Waals surface area contributed by atoms with Crippen LogP contribution in [0.2, 0.25) is 5.02 Å². The first kappa shape index (κ1) is 14.7. The highest BCUT2D eigenvalue weighted by Gasteiger charge is 2.34.